The van der Waals surface area contributed by atoms with Gasteiger partial charge in [0.15, 0.2) is 0 Å². The summed E-state index contributed by atoms with van der Waals surface area (Å²) >= 11 is 5.40. The first kappa shape index (κ1) is 12.8. The summed E-state index contributed by atoms with van der Waals surface area (Å²) in [4.78, 5) is 10.9. The van der Waals surface area contributed by atoms with Crippen LogP contribution >= 0.6 is 11.6 Å². The number of hydrogen-bond donors (Lipinski definition) is 1. The van der Waals surface area contributed by atoms with Crippen LogP contribution in [0.1, 0.15) is 12.5 Å². The topological polar surface area (TPSA) is 46.3 Å². The van der Waals surface area contributed by atoms with Gasteiger partial charge in [0, 0.05) is 6.92 Å². The summed E-state index contributed by atoms with van der Waals surface area (Å²) < 4.78 is 37.4. The average molecular weight is 253 g/mol. The van der Waals surface area contributed by atoms with E-state index in [9.17, 15) is 18.0 Å². The Balaban J connectivity index is 3.23. The minimum Gasteiger partial charge on any atom is -0.273 e. The molecule has 0 heterocycles. The highest BCUT2D eigenvalue weighted by Gasteiger charge is 2.33. The van der Waals surface area contributed by atoms with Crippen LogP contribution < -0.4 is 10.9 Å². The first-order valence-corrected chi connectivity index (χ1v) is 4.53. The first-order valence-electron chi connectivity index (χ1n) is 4.15. The van der Waals surface area contributed by atoms with Crippen molar-refractivity contribution in [3.63, 3.8) is 0 Å². The molecular weight excluding hydrogens is 245 g/mol. The van der Waals surface area contributed by atoms with E-state index in [1.54, 1.807) is 0 Å². The van der Waals surface area contributed by atoms with Crippen LogP contribution in [-0.2, 0) is 11.0 Å². The molecule has 1 aromatic rings. The molecule has 0 saturated carbocycles. The molecule has 0 aliphatic rings. The Labute approximate surface area is 94.6 Å². The molecule has 3 nitrogen and oxygen atoms in total. The van der Waals surface area contributed by atoms with Gasteiger partial charge in [0.25, 0.3) is 0 Å². The van der Waals surface area contributed by atoms with E-state index in [1.807, 2.05) is 0 Å². The summed E-state index contributed by atoms with van der Waals surface area (Å²) in [6, 6.07) is 3.01. The van der Waals surface area contributed by atoms with Crippen LogP contribution in [-0.4, -0.2) is 5.91 Å². The van der Waals surface area contributed by atoms with Crippen molar-refractivity contribution < 1.29 is 18.0 Å². The van der Waals surface area contributed by atoms with E-state index in [2.05, 4.69) is 0 Å². The number of hydrazine groups is 1. The SMILES string of the molecule is CC(=O)N(N)c1ccc(Cl)c(C(F)(F)F)c1. The summed E-state index contributed by atoms with van der Waals surface area (Å²) in [6.45, 7) is 1.14. The number of rotatable bonds is 1. The number of amides is 1. The van der Waals surface area contributed by atoms with Crippen molar-refractivity contribution in [1.29, 1.82) is 0 Å². The predicted molar refractivity (Wildman–Crippen MR) is 53.8 cm³/mol. The maximum atomic E-state index is 12.5. The third-order valence-corrected chi connectivity index (χ3v) is 2.20. The Morgan fingerprint density at radius 1 is 1.44 bits per heavy atom. The zero-order valence-corrected chi connectivity index (χ0v) is 8.93. The summed E-state index contributed by atoms with van der Waals surface area (Å²) in [7, 11) is 0. The molecule has 0 spiro atoms. The predicted octanol–water partition coefficient (Wildman–Crippen LogP) is 2.59. The standard InChI is InChI=1S/C9H8ClF3N2O/c1-5(16)15(14)6-2-3-8(10)7(4-6)9(11,12)13/h2-4H,14H2,1H3. The maximum absolute atomic E-state index is 12.5. The van der Waals surface area contributed by atoms with Gasteiger partial charge in [-0.15, -0.1) is 0 Å². The van der Waals surface area contributed by atoms with Crippen LogP contribution in [0.25, 0.3) is 0 Å². The van der Waals surface area contributed by atoms with E-state index < -0.39 is 22.7 Å². The van der Waals surface area contributed by atoms with Gasteiger partial charge in [0.1, 0.15) is 0 Å². The second-order valence-corrected chi connectivity index (χ2v) is 3.46. The quantitative estimate of drug-likeness (QED) is 0.474. The van der Waals surface area contributed by atoms with E-state index in [-0.39, 0.29) is 5.69 Å². The van der Waals surface area contributed by atoms with E-state index in [4.69, 9.17) is 17.4 Å². The van der Waals surface area contributed by atoms with Gasteiger partial charge in [-0.05, 0) is 18.2 Å². The average Bonchev–Trinajstić information content (AvgIpc) is 2.15. The van der Waals surface area contributed by atoms with Crippen LogP contribution in [0.15, 0.2) is 18.2 Å². The smallest absolute Gasteiger partial charge is 0.273 e. The zero-order valence-electron chi connectivity index (χ0n) is 8.18. The fourth-order valence-electron chi connectivity index (χ4n) is 1.06. The second kappa shape index (κ2) is 4.31. The molecule has 7 heteroatoms. The fraction of sp³-hybridized carbons (Fsp3) is 0.222. The van der Waals surface area contributed by atoms with Crippen LogP contribution in [0.5, 0.6) is 0 Å². The van der Waals surface area contributed by atoms with Gasteiger partial charge in [-0.1, -0.05) is 11.6 Å². The second-order valence-electron chi connectivity index (χ2n) is 3.05. The number of nitrogens with zero attached hydrogens (tertiary/aromatic N) is 1. The lowest BCUT2D eigenvalue weighted by Gasteiger charge is -2.17. The maximum Gasteiger partial charge on any atom is 0.417 e. The molecule has 1 amide bonds. The molecule has 0 atom stereocenters. The van der Waals surface area contributed by atoms with Crippen molar-refractivity contribution in [3.8, 4) is 0 Å². The van der Waals surface area contributed by atoms with E-state index in [1.165, 1.54) is 6.07 Å². The number of hydrogen-bond acceptors (Lipinski definition) is 2. The number of anilines is 1. The number of carbonyl (C=O) groups is 1. The van der Waals surface area contributed by atoms with Gasteiger partial charge in [-0.3, -0.25) is 4.79 Å². The van der Waals surface area contributed by atoms with Crippen LogP contribution in [0.4, 0.5) is 18.9 Å². The highest BCUT2D eigenvalue weighted by atomic mass is 35.5. The number of nitrogens with two attached hydrogens (primary N) is 1. The monoisotopic (exact) mass is 252 g/mol. The summed E-state index contributed by atoms with van der Waals surface area (Å²) in [5.74, 6) is 4.70. The molecule has 88 valence electrons. The Morgan fingerprint density at radius 2 is 2.00 bits per heavy atom. The molecule has 16 heavy (non-hydrogen) atoms. The van der Waals surface area contributed by atoms with Crippen LogP contribution in [0.2, 0.25) is 5.02 Å². The lowest BCUT2D eigenvalue weighted by Crippen LogP contribution is -2.35. The Kier molecular flexibility index (Phi) is 3.44. The Bertz CT molecular complexity index is 420. The van der Waals surface area contributed by atoms with E-state index in [0.29, 0.717) is 5.01 Å². The Hall–Kier alpha value is -1.27. The number of carbonyl (C=O) groups excluding carboxylic acids is 1. The van der Waals surface area contributed by atoms with Crippen molar-refractivity contribution in [2.75, 3.05) is 5.01 Å². The molecule has 0 aliphatic carbocycles. The van der Waals surface area contributed by atoms with Gasteiger partial charge in [0.05, 0.1) is 16.3 Å². The molecule has 2 N–H and O–H groups in total. The lowest BCUT2D eigenvalue weighted by atomic mass is 10.2. The van der Waals surface area contributed by atoms with Gasteiger partial charge in [-0.2, -0.15) is 13.2 Å². The summed E-state index contributed by atoms with van der Waals surface area (Å²) in [5, 5.41) is 0.180. The highest BCUT2D eigenvalue weighted by molar-refractivity contribution is 6.31. The minimum atomic E-state index is -4.58. The molecule has 0 aliphatic heterocycles. The normalized spacial score (nSPS) is 11.4. The molecule has 0 fully saturated rings. The van der Waals surface area contributed by atoms with E-state index >= 15 is 0 Å². The first-order chi connectivity index (χ1) is 7.23. The third kappa shape index (κ3) is 2.65. The number of benzene rings is 1. The summed E-state index contributed by atoms with van der Waals surface area (Å²) in [6.07, 6.45) is -4.58. The largest absolute Gasteiger partial charge is 0.417 e. The van der Waals surface area contributed by atoms with Gasteiger partial charge in [0.2, 0.25) is 5.91 Å². The molecule has 0 unspecified atom stereocenters. The van der Waals surface area contributed by atoms with Crippen LogP contribution in [0.3, 0.4) is 0 Å². The highest BCUT2D eigenvalue weighted by Crippen LogP contribution is 2.36. The fourth-order valence-corrected chi connectivity index (χ4v) is 1.29. The minimum absolute atomic E-state index is 0.0655. The molecule has 1 aromatic carbocycles. The van der Waals surface area contributed by atoms with Crippen molar-refractivity contribution in [2.24, 2.45) is 5.84 Å². The van der Waals surface area contributed by atoms with Crippen molar-refractivity contribution in [3.05, 3.63) is 28.8 Å². The van der Waals surface area contributed by atoms with Crippen LogP contribution in [0, 0.1) is 0 Å². The van der Waals surface area contributed by atoms with Gasteiger partial charge >= 0.3 is 6.18 Å². The molecule has 0 aromatic heterocycles. The molecule has 0 radical (unpaired) electrons. The lowest BCUT2D eigenvalue weighted by molar-refractivity contribution is -0.137. The zero-order chi connectivity index (χ0) is 12.5. The van der Waals surface area contributed by atoms with E-state index in [0.717, 1.165) is 19.1 Å². The molecule has 0 bridgehead atoms. The third-order valence-electron chi connectivity index (χ3n) is 1.87. The summed E-state index contributed by atoms with van der Waals surface area (Å²) in [5.41, 5.74) is -1.09. The Morgan fingerprint density at radius 3 is 2.44 bits per heavy atom. The number of alkyl halides is 3. The molecule has 1 rings (SSSR count). The van der Waals surface area contributed by atoms with Crippen molar-refractivity contribution in [1.82, 2.24) is 0 Å². The van der Waals surface area contributed by atoms with Gasteiger partial charge in [-0.25, -0.2) is 10.9 Å². The molecular formula is C9H8ClF3N2O. The molecule has 0 saturated heterocycles. The van der Waals surface area contributed by atoms with Gasteiger partial charge < -0.3 is 0 Å². The van der Waals surface area contributed by atoms with Crippen molar-refractivity contribution in [2.45, 2.75) is 13.1 Å². The number of halogens is 4. The van der Waals surface area contributed by atoms with Crippen molar-refractivity contribution >= 4 is 23.2 Å².